The van der Waals surface area contributed by atoms with Gasteiger partial charge in [0.1, 0.15) is 17.7 Å². The number of carbonyl (C=O) groups is 1. The molecule has 0 spiro atoms. The summed E-state index contributed by atoms with van der Waals surface area (Å²) < 4.78 is 14.8. The molecule has 1 aliphatic carbocycles. The standard InChI is InChI=1S/C23H26FN5O/c1-15(19-10-9-18-5-3-4-6-20(18)14-19)25-23(30)22(29-16(2)26-27-28-29)13-17-7-11-21(24)12-8-17/h7-12,14-15,22H,3-6,13H2,1-2H3,(H,25,30). The average Bonchev–Trinajstić information content (AvgIpc) is 3.18. The number of rotatable bonds is 6. The summed E-state index contributed by atoms with van der Waals surface area (Å²) in [4.78, 5) is 13.2. The van der Waals surface area contributed by atoms with Crippen molar-refractivity contribution in [1.82, 2.24) is 25.5 Å². The summed E-state index contributed by atoms with van der Waals surface area (Å²) in [6.45, 7) is 3.75. The largest absolute Gasteiger partial charge is 0.348 e. The first kappa shape index (κ1) is 20.2. The normalized spacial score (nSPS) is 15.3. The molecule has 2 aromatic carbocycles. The first-order valence-corrected chi connectivity index (χ1v) is 10.4. The molecule has 0 radical (unpaired) electrons. The van der Waals surface area contributed by atoms with Crippen LogP contribution in [0.4, 0.5) is 4.39 Å². The summed E-state index contributed by atoms with van der Waals surface area (Å²) >= 11 is 0. The molecule has 156 valence electrons. The minimum absolute atomic E-state index is 0.141. The smallest absolute Gasteiger partial charge is 0.245 e. The van der Waals surface area contributed by atoms with Crippen LogP contribution in [0.25, 0.3) is 0 Å². The molecule has 2 atom stereocenters. The number of hydrogen-bond acceptors (Lipinski definition) is 4. The third-order valence-electron chi connectivity index (χ3n) is 5.83. The van der Waals surface area contributed by atoms with Crippen LogP contribution in [-0.2, 0) is 24.1 Å². The van der Waals surface area contributed by atoms with Crippen molar-refractivity contribution in [3.05, 3.63) is 76.4 Å². The molecule has 1 heterocycles. The maximum atomic E-state index is 13.3. The highest BCUT2D eigenvalue weighted by Crippen LogP contribution is 2.25. The lowest BCUT2D eigenvalue weighted by atomic mass is 9.89. The third-order valence-corrected chi connectivity index (χ3v) is 5.83. The van der Waals surface area contributed by atoms with Crippen LogP contribution in [0.2, 0.25) is 0 Å². The molecule has 1 amide bonds. The molecule has 6 nitrogen and oxygen atoms in total. The maximum absolute atomic E-state index is 13.3. The number of amides is 1. The van der Waals surface area contributed by atoms with Gasteiger partial charge in [-0.2, -0.15) is 0 Å². The van der Waals surface area contributed by atoms with E-state index in [0.717, 1.165) is 24.0 Å². The Labute approximate surface area is 175 Å². The van der Waals surface area contributed by atoms with E-state index in [2.05, 4.69) is 39.0 Å². The number of benzene rings is 2. The summed E-state index contributed by atoms with van der Waals surface area (Å²) in [7, 11) is 0. The number of nitrogens with zero attached hydrogens (tertiary/aromatic N) is 4. The van der Waals surface area contributed by atoms with E-state index in [0.29, 0.717) is 12.2 Å². The Morgan fingerprint density at radius 2 is 1.87 bits per heavy atom. The molecule has 0 aliphatic heterocycles. The minimum Gasteiger partial charge on any atom is -0.348 e. The lowest BCUT2D eigenvalue weighted by Crippen LogP contribution is -2.36. The van der Waals surface area contributed by atoms with Crippen LogP contribution in [0.1, 0.15) is 59.9 Å². The molecule has 3 aromatic rings. The number of aryl methyl sites for hydroxylation is 3. The Hall–Kier alpha value is -3.09. The monoisotopic (exact) mass is 407 g/mol. The summed E-state index contributed by atoms with van der Waals surface area (Å²) in [5.41, 5.74) is 4.74. The molecule has 0 saturated heterocycles. The number of tetrazole rings is 1. The molecule has 7 heteroatoms. The molecule has 0 saturated carbocycles. The zero-order chi connectivity index (χ0) is 21.1. The fourth-order valence-corrected chi connectivity index (χ4v) is 4.08. The lowest BCUT2D eigenvalue weighted by Gasteiger charge is -2.23. The summed E-state index contributed by atoms with van der Waals surface area (Å²) in [6.07, 6.45) is 5.06. The fraction of sp³-hybridized carbons (Fsp3) is 0.391. The van der Waals surface area contributed by atoms with E-state index in [1.165, 1.54) is 40.8 Å². The number of aromatic nitrogens is 4. The van der Waals surface area contributed by atoms with Gasteiger partial charge in [0.25, 0.3) is 0 Å². The molecule has 0 fully saturated rings. The molecule has 30 heavy (non-hydrogen) atoms. The van der Waals surface area contributed by atoms with Gasteiger partial charge in [-0.1, -0.05) is 30.3 Å². The van der Waals surface area contributed by atoms with Gasteiger partial charge in [-0.25, -0.2) is 9.07 Å². The summed E-state index contributed by atoms with van der Waals surface area (Å²) in [5, 5.41) is 14.7. The van der Waals surface area contributed by atoms with Gasteiger partial charge in [0.05, 0.1) is 6.04 Å². The van der Waals surface area contributed by atoms with Gasteiger partial charge in [0.2, 0.25) is 5.91 Å². The second-order valence-corrected chi connectivity index (χ2v) is 7.98. The van der Waals surface area contributed by atoms with E-state index in [1.807, 2.05) is 6.92 Å². The van der Waals surface area contributed by atoms with Gasteiger partial charge >= 0.3 is 0 Å². The molecule has 1 aromatic heterocycles. The SMILES string of the molecule is Cc1nnnn1C(Cc1ccc(F)cc1)C(=O)NC(C)c1ccc2c(c1)CCCC2. The number of hydrogen-bond donors (Lipinski definition) is 1. The second-order valence-electron chi connectivity index (χ2n) is 7.98. The highest BCUT2D eigenvalue weighted by atomic mass is 19.1. The zero-order valence-electron chi connectivity index (χ0n) is 17.3. The number of nitrogens with one attached hydrogen (secondary N) is 1. The van der Waals surface area contributed by atoms with Crippen LogP contribution in [0, 0.1) is 12.7 Å². The Balaban J connectivity index is 1.54. The van der Waals surface area contributed by atoms with Crippen molar-refractivity contribution in [2.24, 2.45) is 0 Å². The van der Waals surface area contributed by atoms with E-state index in [9.17, 15) is 9.18 Å². The van der Waals surface area contributed by atoms with E-state index in [-0.39, 0.29) is 17.8 Å². The first-order valence-electron chi connectivity index (χ1n) is 10.4. The molecular weight excluding hydrogens is 381 g/mol. The van der Waals surface area contributed by atoms with Crippen LogP contribution >= 0.6 is 0 Å². The summed E-state index contributed by atoms with van der Waals surface area (Å²) in [6, 6.07) is 11.9. The Kier molecular flexibility index (Phi) is 5.88. The topological polar surface area (TPSA) is 72.7 Å². The van der Waals surface area contributed by atoms with Crippen LogP contribution in [-0.4, -0.2) is 26.1 Å². The van der Waals surface area contributed by atoms with E-state index in [4.69, 9.17) is 0 Å². The Morgan fingerprint density at radius 1 is 1.13 bits per heavy atom. The predicted molar refractivity (Wildman–Crippen MR) is 111 cm³/mol. The molecular formula is C23H26FN5O. The van der Waals surface area contributed by atoms with Crippen molar-refractivity contribution >= 4 is 5.91 Å². The summed E-state index contributed by atoms with van der Waals surface area (Å²) in [5.74, 6) is 0.0815. The average molecular weight is 407 g/mol. The Morgan fingerprint density at radius 3 is 2.57 bits per heavy atom. The molecule has 0 bridgehead atoms. The van der Waals surface area contributed by atoms with Gasteiger partial charge in [-0.15, -0.1) is 5.10 Å². The lowest BCUT2D eigenvalue weighted by molar-refractivity contribution is -0.125. The number of carbonyl (C=O) groups excluding carboxylic acids is 1. The second kappa shape index (κ2) is 8.73. The zero-order valence-corrected chi connectivity index (χ0v) is 17.3. The highest BCUT2D eigenvalue weighted by molar-refractivity contribution is 5.81. The van der Waals surface area contributed by atoms with Crippen molar-refractivity contribution in [1.29, 1.82) is 0 Å². The van der Waals surface area contributed by atoms with Gasteiger partial charge in [0, 0.05) is 6.42 Å². The van der Waals surface area contributed by atoms with Crippen molar-refractivity contribution < 1.29 is 9.18 Å². The fourth-order valence-electron chi connectivity index (χ4n) is 4.08. The van der Waals surface area contributed by atoms with Gasteiger partial charge in [-0.3, -0.25) is 4.79 Å². The van der Waals surface area contributed by atoms with Crippen molar-refractivity contribution in [3.8, 4) is 0 Å². The van der Waals surface area contributed by atoms with Gasteiger partial charge < -0.3 is 5.32 Å². The molecule has 1 aliphatic rings. The van der Waals surface area contributed by atoms with Crippen molar-refractivity contribution in [2.45, 2.75) is 58.0 Å². The Bertz CT molecular complexity index is 1030. The first-order chi connectivity index (χ1) is 14.5. The minimum atomic E-state index is -0.620. The molecule has 4 rings (SSSR count). The van der Waals surface area contributed by atoms with E-state index >= 15 is 0 Å². The van der Waals surface area contributed by atoms with Crippen LogP contribution in [0.15, 0.2) is 42.5 Å². The molecule has 2 unspecified atom stereocenters. The van der Waals surface area contributed by atoms with Gasteiger partial charge in [0.15, 0.2) is 0 Å². The number of fused-ring (bicyclic) bond motifs is 1. The van der Waals surface area contributed by atoms with E-state index in [1.54, 1.807) is 19.1 Å². The van der Waals surface area contributed by atoms with Crippen LogP contribution in [0.3, 0.4) is 0 Å². The number of halogens is 1. The predicted octanol–water partition coefficient (Wildman–Crippen LogP) is 3.66. The van der Waals surface area contributed by atoms with E-state index < -0.39 is 6.04 Å². The maximum Gasteiger partial charge on any atom is 0.245 e. The van der Waals surface area contributed by atoms with Gasteiger partial charge in [-0.05, 0) is 84.3 Å². The van der Waals surface area contributed by atoms with Crippen molar-refractivity contribution in [2.75, 3.05) is 0 Å². The third kappa shape index (κ3) is 4.40. The van der Waals surface area contributed by atoms with Crippen LogP contribution < -0.4 is 5.32 Å². The highest BCUT2D eigenvalue weighted by Gasteiger charge is 2.26. The van der Waals surface area contributed by atoms with Crippen molar-refractivity contribution in [3.63, 3.8) is 0 Å². The quantitative estimate of drug-likeness (QED) is 0.677. The molecule has 1 N–H and O–H groups in total. The van der Waals surface area contributed by atoms with Crippen LogP contribution in [0.5, 0.6) is 0 Å².